The molecular formula is C50H64MgN5O5-. The second-order valence-electron chi connectivity index (χ2n) is 17.7. The molecular weight excluding hydrogens is 775 g/mol. The van der Waals surface area contributed by atoms with Gasteiger partial charge in [0.05, 0.1) is 12.7 Å². The molecule has 322 valence electrons. The van der Waals surface area contributed by atoms with Crippen LogP contribution in [0.4, 0.5) is 0 Å². The van der Waals surface area contributed by atoms with E-state index in [0.29, 0.717) is 51.8 Å². The first-order valence-corrected chi connectivity index (χ1v) is 21.9. The standard InChI is InChI=1S/C50H65N5O5.Mg/c1-12-34-30(7)37-24-39-32(9)36(20-21-43(56)60-23-22-29(6)19-15-18-28(5)17-14-16-27(3)4)47(54-39)45-46(50(58)59-11)49(57)44-33(10)42(55(51)48(44)45)26-41-35(13-2)31(8)38(53-41)25-40(34)52-37;/h12,22,24-28,32,36,46,51,55H,1,13-21,23H2,2-11H3,(H,54,57);/q-2;+2/p-1/b29-22+,38-25-,39-24+,41-26-;/t28-,32+,36+,46-;/m1./s1. The van der Waals surface area contributed by atoms with Crippen molar-refractivity contribution in [3.63, 3.8) is 0 Å². The van der Waals surface area contributed by atoms with Gasteiger partial charge in [0, 0.05) is 17.6 Å². The summed E-state index contributed by atoms with van der Waals surface area (Å²) in [7, 11) is 1.27. The van der Waals surface area contributed by atoms with Gasteiger partial charge in [-0.15, -0.1) is 27.8 Å². The van der Waals surface area contributed by atoms with Crippen LogP contribution < -0.4 is 25.7 Å². The molecule has 0 aromatic carbocycles. The minimum absolute atomic E-state index is 0. The van der Waals surface area contributed by atoms with Gasteiger partial charge >= 0.3 is 35.0 Å². The molecule has 2 aromatic rings. The monoisotopic (exact) mass is 838 g/mol. The second kappa shape index (κ2) is 20.3. The number of esters is 2. The molecule has 11 heteroatoms. The number of methoxy groups -OCH3 is 1. The number of carbonyl (C=O) groups is 3. The third-order valence-electron chi connectivity index (χ3n) is 13.2. The van der Waals surface area contributed by atoms with Crippen LogP contribution in [0.3, 0.4) is 0 Å². The number of aromatic nitrogens is 2. The van der Waals surface area contributed by atoms with E-state index in [0.717, 1.165) is 69.5 Å². The van der Waals surface area contributed by atoms with Crippen molar-refractivity contribution in [2.75, 3.05) is 13.7 Å². The minimum atomic E-state index is -1.28. The molecule has 3 aliphatic heterocycles. The number of nitrogens with one attached hydrogen (secondary N) is 2. The van der Waals surface area contributed by atoms with E-state index in [9.17, 15) is 20.2 Å². The summed E-state index contributed by atoms with van der Waals surface area (Å²) in [6.07, 6.45) is 18.0. The number of quaternary nitrogens is 1. The van der Waals surface area contributed by atoms with Gasteiger partial charge in [-0.2, -0.15) is 5.70 Å². The number of Topliss-reactive ketones (excluding diaryl/α,β-unsaturated/α-hetero) is 1. The number of ketones is 1. The van der Waals surface area contributed by atoms with E-state index in [2.05, 4.69) is 48.1 Å². The van der Waals surface area contributed by atoms with Crippen LogP contribution in [-0.4, -0.2) is 54.5 Å². The Hall–Kier alpha value is -4.16. The predicted molar refractivity (Wildman–Crippen MR) is 244 cm³/mol. The minimum Gasteiger partial charge on any atom is -0.664 e. The van der Waals surface area contributed by atoms with Gasteiger partial charge < -0.3 is 35.6 Å². The van der Waals surface area contributed by atoms with Crippen molar-refractivity contribution in [2.24, 2.45) is 29.6 Å². The topological polar surface area (TPSA) is 140 Å². The van der Waals surface area contributed by atoms with E-state index >= 15 is 0 Å². The summed E-state index contributed by atoms with van der Waals surface area (Å²) in [6, 6.07) is 0. The summed E-state index contributed by atoms with van der Waals surface area (Å²) in [5.74, 6) is 7.78. The van der Waals surface area contributed by atoms with Crippen LogP contribution in [0.1, 0.15) is 133 Å². The first-order valence-electron chi connectivity index (χ1n) is 21.9. The van der Waals surface area contributed by atoms with Crippen LogP contribution in [-0.2, 0) is 30.3 Å². The predicted octanol–water partition coefficient (Wildman–Crippen LogP) is 7.57. The molecule has 8 bridgehead atoms. The molecule has 2 N–H and O–H groups in total. The van der Waals surface area contributed by atoms with E-state index in [4.69, 9.17) is 24.8 Å². The Balaban J connectivity index is 0.00000704. The molecule has 1 aliphatic carbocycles. The zero-order chi connectivity index (χ0) is 43.6. The Morgan fingerprint density at radius 2 is 1.70 bits per heavy atom. The number of hydrogen-bond donors (Lipinski definition) is 1. The van der Waals surface area contributed by atoms with Crippen LogP contribution in [0.2, 0.25) is 0 Å². The number of ether oxygens (including phenoxy) is 2. The second-order valence-corrected chi connectivity index (χ2v) is 17.7. The molecule has 5 atom stereocenters. The summed E-state index contributed by atoms with van der Waals surface area (Å²) in [6.45, 7) is 23.3. The Kier molecular flexibility index (Phi) is 16.0. The van der Waals surface area contributed by atoms with E-state index in [1.165, 1.54) is 38.4 Å². The Morgan fingerprint density at radius 1 is 0.984 bits per heavy atom. The number of carbonyl (C=O) groups excluding carboxylic acids is 3. The summed E-state index contributed by atoms with van der Waals surface area (Å²) >= 11 is 0. The van der Waals surface area contributed by atoms with E-state index in [-0.39, 0.29) is 58.9 Å². The number of nitrogens with zero attached hydrogens (tertiary/aromatic N) is 3. The number of fused-ring (bicyclic) bond motifs is 7. The number of hydrogen-bond acceptors (Lipinski definition) is 5. The fourth-order valence-corrected chi connectivity index (χ4v) is 9.47. The average molecular weight is 839 g/mol. The molecule has 10 nitrogen and oxygen atoms in total. The molecule has 0 radical (unpaired) electrons. The third-order valence-corrected chi connectivity index (χ3v) is 13.2. The number of rotatable bonds is 16. The summed E-state index contributed by atoms with van der Waals surface area (Å²) < 4.78 is 11.0. The van der Waals surface area contributed by atoms with Crippen molar-refractivity contribution >= 4 is 65.1 Å². The first kappa shape index (κ1) is 47.9. The maximum absolute atomic E-state index is 14.4. The van der Waals surface area contributed by atoms with E-state index in [1.807, 2.05) is 51.2 Å². The summed E-state index contributed by atoms with van der Waals surface area (Å²) in [5.41, 5.74) is 10.2. The third kappa shape index (κ3) is 9.75. The largest absolute Gasteiger partial charge is 2.00 e. The summed E-state index contributed by atoms with van der Waals surface area (Å²) in [4.78, 5) is 51.5. The SMILES string of the molecule is C=Cc1c2[n-]c(c1C)/C=C1/[N-]/C(=C3\C4=C(C(=O)[C@@H]3C(=O)OC)C(C)=C(/C=c3\[n-]/c(c(C)c3CC)=C\2)[NH+]4[NH-])[C@@H](CCC(=O)OC/C=C(\C)CCC[C@H](C)CCCC(C)C)[C@@H]1C.[Mg+2]. The summed E-state index contributed by atoms with van der Waals surface area (Å²) in [5, 5.41) is 6.88. The molecule has 4 aliphatic rings. The van der Waals surface area contributed by atoms with Crippen molar-refractivity contribution < 1.29 is 28.9 Å². The van der Waals surface area contributed by atoms with E-state index < -0.39 is 17.7 Å². The molecule has 0 saturated carbocycles. The van der Waals surface area contributed by atoms with Gasteiger partial charge in [-0.05, 0) is 94.8 Å². The molecule has 0 spiro atoms. The van der Waals surface area contributed by atoms with Crippen molar-refractivity contribution in [1.29, 1.82) is 0 Å². The van der Waals surface area contributed by atoms with Crippen LogP contribution in [0.5, 0.6) is 0 Å². The van der Waals surface area contributed by atoms with Crippen LogP contribution in [0.25, 0.3) is 35.5 Å². The first-order chi connectivity index (χ1) is 28.6. The Morgan fingerprint density at radius 3 is 2.38 bits per heavy atom. The normalized spacial score (nSPS) is 24.4. The van der Waals surface area contributed by atoms with Crippen molar-refractivity contribution in [3.05, 3.63) is 113 Å². The van der Waals surface area contributed by atoms with Crippen molar-refractivity contribution in [1.82, 2.24) is 9.97 Å². The van der Waals surface area contributed by atoms with Gasteiger partial charge in [0.15, 0.2) is 5.78 Å². The maximum atomic E-state index is 14.4. The van der Waals surface area contributed by atoms with Crippen molar-refractivity contribution in [2.45, 2.75) is 120 Å². The zero-order valence-electron chi connectivity index (χ0n) is 38.1. The maximum Gasteiger partial charge on any atom is 2.00 e. The Bertz CT molecular complexity index is 2350. The van der Waals surface area contributed by atoms with Gasteiger partial charge in [0.25, 0.3) is 0 Å². The van der Waals surface area contributed by atoms with Crippen LogP contribution >= 0.6 is 0 Å². The van der Waals surface area contributed by atoms with Gasteiger partial charge in [0.2, 0.25) is 0 Å². The average Bonchev–Trinajstić information content (AvgIpc) is 3.93. The molecule has 6 rings (SSSR count). The van der Waals surface area contributed by atoms with Gasteiger partial charge in [0.1, 0.15) is 23.9 Å². The van der Waals surface area contributed by atoms with Gasteiger partial charge in [-0.25, -0.2) is 0 Å². The van der Waals surface area contributed by atoms with Gasteiger partial charge in [-0.1, -0.05) is 107 Å². The Labute approximate surface area is 378 Å². The quantitative estimate of drug-likeness (QED) is 0.0797. The number of allylic oxidation sites excluding steroid dienone is 7. The smallest absolute Gasteiger partial charge is 0.664 e. The fraction of sp³-hybridized carbons (Fsp3) is 0.500. The van der Waals surface area contributed by atoms with Crippen LogP contribution in [0, 0.1) is 43.4 Å². The zero-order valence-corrected chi connectivity index (χ0v) is 39.6. The molecule has 0 amide bonds. The molecule has 1 fully saturated rings. The van der Waals surface area contributed by atoms with Gasteiger partial charge in [-0.3, -0.25) is 14.4 Å². The molecule has 61 heavy (non-hydrogen) atoms. The molecule has 2 aromatic heterocycles. The van der Waals surface area contributed by atoms with E-state index in [1.54, 1.807) is 0 Å². The fourth-order valence-electron chi connectivity index (χ4n) is 9.47. The molecule has 5 heterocycles. The van der Waals surface area contributed by atoms with Crippen LogP contribution in [0.15, 0.2) is 57.7 Å². The molecule has 1 unspecified atom stereocenters. The van der Waals surface area contributed by atoms with Crippen molar-refractivity contribution in [3.8, 4) is 0 Å². The molecule has 1 saturated heterocycles.